The minimum atomic E-state index is -0.855. The molecule has 6 nitrogen and oxygen atoms in total. The molecule has 0 aromatic heterocycles. The fourth-order valence-corrected chi connectivity index (χ4v) is 1.84. The van der Waals surface area contributed by atoms with E-state index in [0.29, 0.717) is 45.9 Å². The van der Waals surface area contributed by atoms with Crippen LogP contribution in [0.25, 0.3) is 0 Å². The highest BCUT2D eigenvalue weighted by Crippen LogP contribution is 2.27. The molecule has 114 valence electrons. The summed E-state index contributed by atoms with van der Waals surface area (Å²) in [5.74, 6) is -0.836. The summed E-state index contributed by atoms with van der Waals surface area (Å²) in [6.45, 7) is 4.53. The summed E-state index contributed by atoms with van der Waals surface area (Å²) < 4.78 is 15.5. The van der Waals surface area contributed by atoms with Gasteiger partial charge < -0.3 is 25.1 Å². The molecule has 0 aliphatic rings. The van der Waals surface area contributed by atoms with Crippen molar-refractivity contribution < 1.29 is 24.1 Å². The van der Waals surface area contributed by atoms with Crippen LogP contribution in [0.3, 0.4) is 0 Å². The lowest BCUT2D eigenvalue weighted by atomic mass is 9.80. The lowest BCUT2D eigenvalue weighted by Crippen LogP contribution is -2.39. The minimum absolute atomic E-state index is 0.143. The average Bonchev–Trinajstić information content (AvgIpc) is 2.40. The Bertz CT molecular complexity index is 237. The number of hydrogen-bond donors (Lipinski definition) is 2. The molecule has 0 aromatic rings. The van der Waals surface area contributed by atoms with Crippen molar-refractivity contribution in [3.8, 4) is 0 Å². The van der Waals surface area contributed by atoms with Gasteiger partial charge in [-0.3, -0.25) is 4.79 Å². The predicted octanol–water partition coefficient (Wildman–Crippen LogP) is 0.886. The van der Waals surface area contributed by atoms with Crippen LogP contribution in [-0.2, 0) is 19.0 Å². The molecular formula is C13H27NO5. The smallest absolute Gasteiger partial charge is 0.311 e. The molecular weight excluding hydrogens is 250 g/mol. The van der Waals surface area contributed by atoms with Gasteiger partial charge in [0.15, 0.2) is 0 Å². The van der Waals surface area contributed by atoms with Crippen LogP contribution in [-0.4, -0.2) is 57.8 Å². The van der Waals surface area contributed by atoms with E-state index in [2.05, 4.69) is 0 Å². The van der Waals surface area contributed by atoms with Gasteiger partial charge in [0, 0.05) is 20.3 Å². The molecule has 1 atom stereocenters. The Morgan fingerprint density at radius 1 is 1.11 bits per heavy atom. The van der Waals surface area contributed by atoms with E-state index in [1.54, 1.807) is 7.11 Å². The molecule has 0 fully saturated rings. The molecule has 0 saturated carbocycles. The van der Waals surface area contributed by atoms with E-state index in [0.717, 1.165) is 6.42 Å². The second-order valence-corrected chi connectivity index (χ2v) is 4.51. The van der Waals surface area contributed by atoms with Gasteiger partial charge in [0.1, 0.15) is 0 Å². The van der Waals surface area contributed by atoms with E-state index in [1.807, 2.05) is 6.92 Å². The maximum atomic E-state index is 11.3. The van der Waals surface area contributed by atoms with E-state index in [9.17, 15) is 9.90 Å². The first-order chi connectivity index (χ1) is 9.13. The summed E-state index contributed by atoms with van der Waals surface area (Å²) >= 11 is 0. The highest BCUT2D eigenvalue weighted by molar-refractivity contribution is 5.74. The molecule has 0 bridgehead atoms. The Morgan fingerprint density at radius 3 is 2.16 bits per heavy atom. The largest absolute Gasteiger partial charge is 0.481 e. The van der Waals surface area contributed by atoms with Crippen molar-refractivity contribution in [2.75, 3.05) is 46.7 Å². The van der Waals surface area contributed by atoms with Gasteiger partial charge in [-0.2, -0.15) is 0 Å². The Hall–Kier alpha value is -0.690. The van der Waals surface area contributed by atoms with E-state index in [1.165, 1.54) is 0 Å². The lowest BCUT2D eigenvalue weighted by Gasteiger charge is -2.27. The van der Waals surface area contributed by atoms with Crippen molar-refractivity contribution in [3.05, 3.63) is 0 Å². The van der Waals surface area contributed by atoms with Crippen LogP contribution in [0, 0.1) is 5.41 Å². The molecule has 0 heterocycles. The number of hydrogen-bond acceptors (Lipinski definition) is 5. The van der Waals surface area contributed by atoms with Crippen LogP contribution in [0.15, 0.2) is 0 Å². The monoisotopic (exact) mass is 277 g/mol. The summed E-state index contributed by atoms with van der Waals surface area (Å²) in [5.41, 5.74) is 4.76. The zero-order chi connectivity index (χ0) is 14.6. The average molecular weight is 277 g/mol. The third-order valence-corrected chi connectivity index (χ3v) is 3.10. The zero-order valence-corrected chi connectivity index (χ0v) is 12.0. The fourth-order valence-electron chi connectivity index (χ4n) is 1.84. The SMILES string of the molecule is CCCC(CN)(CCOCCOCCOC)C(=O)O. The third kappa shape index (κ3) is 7.47. The van der Waals surface area contributed by atoms with E-state index in [-0.39, 0.29) is 6.54 Å². The zero-order valence-electron chi connectivity index (χ0n) is 12.0. The molecule has 0 radical (unpaired) electrons. The summed E-state index contributed by atoms with van der Waals surface area (Å²) in [5, 5.41) is 9.28. The topological polar surface area (TPSA) is 91.0 Å². The Morgan fingerprint density at radius 2 is 1.68 bits per heavy atom. The van der Waals surface area contributed by atoms with Crippen LogP contribution in [0.4, 0.5) is 0 Å². The number of rotatable bonds is 13. The van der Waals surface area contributed by atoms with Crippen LogP contribution in [0.1, 0.15) is 26.2 Å². The highest BCUT2D eigenvalue weighted by atomic mass is 16.5. The molecule has 0 rings (SSSR count). The summed E-state index contributed by atoms with van der Waals surface area (Å²) in [7, 11) is 1.62. The second-order valence-electron chi connectivity index (χ2n) is 4.51. The number of carbonyl (C=O) groups is 1. The molecule has 0 aliphatic heterocycles. The molecule has 1 unspecified atom stereocenters. The van der Waals surface area contributed by atoms with Crippen molar-refractivity contribution >= 4 is 5.97 Å². The highest BCUT2D eigenvalue weighted by Gasteiger charge is 2.35. The van der Waals surface area contributed by atoms with E-state index >= 15 is 0 Å². The number of carboxylic acids is 1. The molecule has 0 aliphatic carbocycles. The Kier molecular flexibility index (Phi) is 10.8. The van der Waals surface area contributed by atoms with Gasteiger partial charge in [0.2, 0.25) is 0 Å². The van der Waals surface area contributed by atoms with E-state index < -0.39 is 11.4 Å². The third-order valence-electron chi connectivity index (χ3n) is 3.10. The van der Waals surface area contributed by atoms with Crippen LogP contribution in [0.5, 0.6) is 0 Å². The van der Waals surface area contributed by atoms with Crippen molar-refractivity contribution in [1.29, 1.82) is 0 Å². The molecule has 3 N–H and O–H groups in total. The number of carboxylic acid groups (broad SMARTS) is 1. The van der Waals surface area contributed by atoms with Crippen molar-refractivity contribution in [2.45, 2.75) is 26.2 Å². The summed E-state index contributed by atoms with van der Waals surface area (Å²) in [6.07, 6.45) is 1.81. The van der Waals surface area contributed by atoms with Crippen molar-refractivity contribution in [1.82, 2.24) is 0 Å². The van der Waals surface area contributed by atoms with Crippen molar-refractivity contribution in [3.63, 3.8) is 0 Å². The molecule has 0 spiro atoms. The van der Waals surface area contributed by atoms with Crippen LogP contribution >= 0.6 is 0 Å². The Balaban J connectivity index is 3.78. The number of ether oxygens (including phenoxy) is 3. The van der Waals surface area contributed by atoms with Crippen LogP contribution in [0.2, 0.25) is 0 Å². The molecule has 0 amide bonds. The molecule has 19 heavy (non-hydrogen) atoms. The Labute approximate surface area is 115 Å². The molecule has 6 heteroatoms. The number of nitrogens with two attached hydrogens (primary N) is 1. The number of aliphatic carboxylic acids is 1. The van der Waals surface area contributed by atoms with Gasteiger partial charge in [-0.25, -0.2) is 0 Å². The summed E-state index contributed by atoms with van der Waals surface area (Å²) in [6, 6.07) is 0. The first-order valence-electron chi connectivity index (χ1n) is 6.71. The first kappa shape index (κ1) is 18.3. The lowest BCUT2D eigenvalue weighted by molar-refractivity contribution is -0.150. The quantitative estimate of drug-likeness (QED) is 0.486. The molecule has 0 saturated heterocycles. The van der Waals surface area contributed by atoms with Gasteiger partial charge in [0.25, 0.3) is 0 Å². The van der Waals surface area contributed by atoms with E-state index in [4.69, 9.17) is 19.9 Å². The fraction of sp³-hybridized carbons (Fsp3) is 0.923. The predicted molar refractivity (Wildman–Crippen MR) is 72.2 cm³/mol. The van der Waals surface area contributed by atoms with Gasteiger partial charge in [0.05, 0.1) is 31.8 Å². The van der Waals surface area contributed by atoms with Gasteiger partial charge in [-0.05, 0) is 12.8 Å². The standard InChI is InChI=1S/C13H27NO5/c1-3-4-13(11-14,12(15)16)5-6-18-9-10-19-8-7-17-2/h3-11,14H2,1-2H3,(H,15,16). The molecule has 0 aromatic carbocycles. The van der Waals surface area contributed by atoms with Crippen molar-refractivity contribution in [2.24, 2.45) is 11.1 Å². The second kappa shape index (κ2) is 11.2. The number of methoxy groups -OCH3 is 1. The summed E-state index contributed by atoms with van der Waals surface area (Å²) in [4.78, 5) is 11.3. The minimum Gasteiger partial charge on any atom is -0.481 e. The first-order valence-corrected chi connectivity index (χ1v) is 6.71. The normalized spacial score (nSPS) is 14.3. The van der Waals surface area contributed by atoms with Crippen LogP contribution < -0.4 is 5.73 Å². The maximum absolute atomic E-state index is 11.3. The van der Waals surface area contributed by atoms with Gasteiger partial charge >= 0.3 is 5.97 Å². The maximum Gasteiger partial charge on any atom is 0.311 e. The van der Waals surface area contributed by atoms with Gasteiger partial charge in [-0.15, -0.1) is 0 Å². The van der Waals surface area contributed by atoms with Gasteiger partial charge in [-0.1, -0.05) is 13.3 Å².